The summed E-state index contributed by atoms with van der Waals surface area (Å²) in [5, 5.41) is 0. The SMILES string of the molecule is NC1(C2COc3ccccc32)CC1. The Morgan fingerprint density at radius 3 is 2.85 bits per heavy atom. The third-order valence-corrected chi connectivity index (χ3v) is 3.22. The zero-order valence-corrected chi connectivity index (χ0v) is 7.49. The molecule has 0 radical (unpaired) electrons. The van der Waals surface area contributed by atoms with Gasteiger partial charge in [-0.2, -0.15) is 0 Å². The van der Waals surface area contributed by atoms with Crippen LogP contribution in [0.25, 0.3) is 0 Å². The maximum Gasteiger partial charge on any atom is 0.122 e. The van der Waals surface area contributed by atoms with E-state index in [2.05, 4.69) is 12.1 Å². The highest BCUT2D eigenvalue weighted by atomic mass is 16.5. The minimum absolute atomic E-state index is 0.0482. The largest absolute Gasteiger partial charge is 0.493 e. The van der Waals surface area contributed by atoms with E-state index in [1.165, 1.54) is 5.56 Å². The molecule has 0 amide bonds. The van der Waals surface area contributed by atoms with Crippen LogP contribution < -0.4 is 10.5 Å². The van der Waals surface area contributed by atoms with Gasteiger partial charge in [0.25, 0.3) is 0 Å². The quantitative estimate of drug-likeness (QED) is 0.704. The summed E-state index contributed by atoms with van der Waals surface area (Å²) in [4.78, 5) is 0. The second-order valence-electron chi connectivity index (χ2n) is 4.13. The molecule has 3 rings (SSSR count). The van der Waals surface area contributed by atoms with Crippen LogP contribution in [0.5, 0.6) is 5.75 Å². The van der Waals surface area contributed by atoms with Crippen LogP contribution in [0.1, 0.15) is 24.3 Å². The van der Waals surface area contributed by atoms with Crippen molar-refractivity contribution in [3.63, 3.8) is 0 Å². The summed E-state index contributed by atoms with van der Waals surface area (Å²) in [5.74, 6) is 1.47. The zero-order valence-electron chi connectivity index (χ0n) is 7.49. The third-order valence-electron chi connectivity index (χ3n) is 3.22. The summed E-state index contributed by atoms with van der Waals surface area (Å²) >= 11 is 0. The Bertz CT molecular complexity index is 344. The Morgan fingerprint density at radius 2 is 2.08 bits per heavy atom. The smallest absolute Gasteiger partial charge is 0.122 e. The lowest BCUT2D eigenvalue weighted by molar-refractivity contribution is 0.309. The minimum atomic E-state index is 0.0482. The minimum Gasteiger partial charge on any atom is -0.493 e. The summed E-state index contributed by atoms with van der Waals surface area (Å²) in [6.07, 6.45) is 2.30. The van der Waals surface area contributed by atoms with Crippen molar-refractivity contribution in [3.05, 3.63) is 29.8 Å². The molecule has 1 aromatic rings. The molecule has 0 saturated heterocycles. The van der Waals surface area contributed by atoms with Crippen molar-refractivity contribution in [3.8, 4) is 5.75 Å². The average molecular weight is 175 g/mol. The van der Waals surface area contributed by atoms with Gasteiger partial charge >= 0.3 is 0 Å². The second kappa shape index (κ2) is 2.26. The first-order chi connectivity index (χ1) is 6.30. The van der Waals surface area contributed by atoms with Gasteiger partial charge in [0.15, 0.2) is 0 Å². The normalized spacial score (nSPS) is 27.9. The Morgan fingerprint density at radius 1 is 1.31 bits per heavy atom. The lowest BCUT2D eigenvalue weighted by Gasteiger charge is -2.15. The number of para-hydroxylation sites is 1. The van der Waals surface area contributed by atoms with E-state index in [0.29, 0.717) is 5.92 Å². The van der Waals surface area contributed by atoms with E-state index >= 15 is 0 Å². The van der Waals surface area contributed by atoms with Gasteiger partial charge in [0, 0.05) is 17.0 Å². The van der Waals surface area contributed by atoms with Crippen molar-refractivity contribution in [2.45, 2.75) is 24.3 Å². The molecule has 0 bridgehead atoms. The Labute approximate surface area is 77.7 Å². The molecule has 0 spiro atoms. The first-order valence-corrected chi connectivity index (χ1v) is 4.80. The molecule has 0 aromatic heterocycles. The molecule has 1 aromatic carbocycles. The summed E-state index contributed by atoms with van der Waals surface area (Å²) in [6, 6.07) is 8.24. The predicted molar refractivity (Wildman–Crippen MR) is 50.8 cm³/mol. The van der Waals surface area contributed by atoms with Gasteiger partial charge in [0.2, 0.25) is 0 Å². The summed E-state index contributed by atoms with van der Waals surface area (Å²) in [7, 11) is 0. The van der Waals surface area contributed by atoms with Crippen molar-refractivity contribution in [1.82, 2.24) is 0 Å². The molecule has 1 aliphatic carbocycles. The van der Waals surface area contributed by atoms with E-state index in [0.717, 1.165) is 25.2 Å². The van der Waals surface area contributed by atoms with Crippen molar-refractivity contribution in [1.29, 1.82) is 0 Å². The van der Waals surface area contributed by atoms with Crippen LogP contribution in [0, 0.1) is 0 Å². The number of hydrogen-bond acceptors (Lipinski definition) is 2. The standard InChI is InChI=1S/C11H13NO/c12-11(5-6-11)9-7-13-10-4-2-1-3-8(9)10/h1-4,9H,5-7,12H2. The molecule has 1 heterocycles. The second-order valence-corrected chi connectivity index (χ2v) is 4.13. The number of rotatable bonds is 1. The molecule has 68 valence electrons. The maximum absolute atomic E-state index is 6.19. The fourth-order valence-electron chi connectivity index (χ4n) is 2.13. The first kappa shape index (κ1) is 7.39. The van der Waals surface area contributed by atoms with Crippen LogP contribution in [0.2, 0.25) is 0 Å². The average Bonchev–Trinajstić information content (AvgIpc) is 2.76. The van der Waals surface area contributed by atoms with Crippen molar-refractivity contribution in [2.24, 2.45) is 5.73 Å². The van der Waals surface area contributed by atoms with Gasteiger partial charge in [0.05, 0.1) is 6.61 Å². The topological polar surface area (TPSA) is 35.2 Å². The Hall–Kier alpha value is -1.02. The maximum atomic E-state index is 6.19. The molecule has 1 atom stereocenters. The van der Waals surface area contributed by atoms with Crippen LogP contribution >= 0.6 is 0 Å². The Kier molecular flexibility index (Phi) is 1.29. The van der Waals surface area contributed by atoms with Crippen LogP contribution in [0.15, 0.2) is 24.3 Å². The number of ether oxygens (including phenoxy) is 1. The zero-order chi connectivity index (χ0) is 8.89. The summed E-state index contributed by atoms with van der Waals surface area (Å²) in [5.41, 5.74) is 7.54. The number of hydrogen-bond donors (Lipinski definition) is 1. The predicted octanol–water partition coefficient (Wildman–Crippen LogP) is 1.65. The van der Waals surface area contributed by atoms with Crippen molar-refractivity contribution >= 4 is 0 Å². The van der Waals surface area contributed by atoms with Gasteiger partial charge < -0.3 is 10.5 Å². The van der Waals surface area contributed by atoms with E-state index < -0.39 is 0 Å². The fourth-order valence-corrected chi connectivity index (χ4v) is 2.13. The van der Waals surface area contributed by atoms with Gasteiger partial charge in [-0.1, -0.05) is 18.2 Å². The third kappa shape index (κ3) is 0.985. The fraction of sp³-hybridized carbons (Fsp3) is 0.455. The molecule has 1 aliphatic heterocycles. The molecule has 2 N–H and O–H groups in total. The highest BCUT2D eigenvalue weighted by Gasteiger charge is 2.49. The molecular weight excluding hydrogens is 162 g/mol. The van der Waals surface area contributed by atoms with E-state index in [-0.39, 0.29) is 5.54 Å². The lowest BCUT2D eigenvalue weighted by atomic mass is 9.92. The van der Waals surface area contributed by atoms with Crippen LogP contribution in [-0.2, 0) is 0 Å². The summed E-state index contributed by atoms with van der Waals surface area (Å²) < 4.78 is 5.60. The van der Waals surface area contributed by atoms with Crippen LogP contribution in [0.4, 0.5) is 0 Å². The summed E-state index contributed by atoms with van der Waals surface area (Å²) in [6.45, 7) is 0.774. The van der Waals surface area contributed by atoms with Crippen molar-refractivity contribution in [2.75, 3.05) is 6.61 Å². The van der Waals surface area contributed by atoms with Crippen molar-refractivity contribution < 1.29 is 4.74 Å². The van der Waals surface area contributed by atoms with Crippen LogP contribution in [0.3, 0.4) is 0 Å². The first-order valence-electron chi connectivity index (χ1n) is 4.80. The van der Waals surface area contributed by atoms with Gasteiger partial charge in [-0.25, -0.2) is 0 Å². The van der Waals surface area contributed by atoms with Gasteiger partial charge in [-0.15, -0.1) is 0 Å². The monoisotopic (exact) mass is 175 g/mol. The lowest BCUT2D eigenvalue weighted by Crippen LogP contribution is -2.31. The molecule has 13 heavy (non-hydrogen) atoms. The van der Waals surface area contributed by atoms with Crippen LogP contribution in [-0.4, -0.2) is 12.1 Å². The van der Waals surface area contributed by atoms with E-state index in [4.69, 9.17) is 10.5 Å². The highest BCUT2D eigenvalue weighted by molar-refractivity contribution is 5.43. The van der Waals surface area contributed by atoms with E-state index in [1.54, 1.807) is 0 Å². The molecular formula is C11H13NO. The molecule has 1 unspecified atom stereocenters. The molecule has 1 saturated carbocycles. The molecule has 2 nitrogen and oxygen atoms in total. The van der Waals surface area contributed by atoms with Gasteiger partial charge in [-0.3, -0.25) is 0 Å². The highest BCUT2D eigenvalue weighted by Crippen LogP contribution is 2.49. The molecule has 2 aliphatic rings. The number of benzene rings is 1. The molecule has 1 fully saturated rings. The van der Waals surface area contributed by atoms with E-state index in [9.17, 15) is 0 Å². The van der Waals surface area contributed by atoms with E-state index in [1.807, 2.05) is 12.1 Å². The van der Waals surface area contributed by atoms with Gasteiger partial charge in [0.1, 0.15) is 5.75 Å². The molecule has 2 heteroatoms. The Balaban J connectivity index is 2.02. The van der Waals surface area contributed by atoms with Gasteiger partial charge in [-0.05, 0) is 18.9 Å². The number of nitrogens with two attached hydrogens (primary N) is 1. The number of fused-ring (bicyclic) bond motifs is 1.